The number of hydrogen-bond acceptors (Lipinski definition) is 3. The Bertz CT molecular complexity index is 460. The number of rotatable bonds is 8. The maximum absolute atomic E-state index is 12.2. The van der Waals surface area contributed by atoms with Crippen molar-refractivity contribution in [2.24, 2.45) is 5.92 Å². The summed E-state index contributed by atoms with van der Waals surface area (Å²) in [4.78, 5) is 12.2. The van der Waals surface area contributed by atoms with Crippen molar-refractivity contribution in [2.45, 2.75) is 46.5 Å². The van der Waals surface area contributed by atoms with Crippen LogP contribution >= 0.6 is 11.8 Å². The summed E-state index contributed by atoms with van der Waals surface area (Å²) in [6.45, 7) is 10.7. The monoisotopic (exact) mass is 323 g/mol. The van der Waals surface area contributed by atoms with Gasteiger partial charge in [-0.25, -0.2) is 0 Å². The molecule has 124 valence electrons. The number of nitrogens with one attached hydrogen (secondary N) is 1. The van der Waals surface area contributed by atoms with Crippen molar-refractivity contribution < 1.29 is 9.90 Å². The van der Waals surface area contributed by atoms with Crippen LogP contribution in [0.5, 0.6) is 0 Å². The van der Waals surface area contributed by atoms with Gasteiger partial charge in [0.1, 0.15) is 0 Å². The van der Waals surface area contributed by atoms with Gasteiger partial charge in [-0.05, 0) is 34.6 Å². The molecule has 1 amide bonds. The molecule has 1 rings (SSSR count). The van der Waals surface area contributed by atoms with Gasteiger partial charge in [0.15, 0.2) is 0 Å². The standard InChI is InChI=1S/C18H29NO2S/c1-12(2)15-7-6-8-16(13(3)4)18(15)19-17(21)11-22-10-14(5)9-20/h6-8,12-14,20H,9-11H2,1-5H3,(H,19,21). The van der Waals surface area contributed by atoms with E-state index in [1.807, 2.05) is 6.92 Å². The number of anilines is 1. The van der Waals surface area contributed by atoms with Crippen molar-refractivity contribution in [3.8, 4) is 0 Å². The Labute approximate surface area is 138 Å². The van der Waals surface area contributed by atoms with Crippen LogP contribution in [0.1, 0.15) is 57.6 Å². The Morgan fingerprint density at radius 2 is 1.68 bits per heavy atom. The largest absolute Gasteiger partial charge is 0.396 e. The van der Waals surface area contributed by atoms with Crippen molar-refractivity contribution in [1.29, 1.82) is 0 Å². The molecule has 22 heavy (non-hydrogen) atoms. The first kappa shape index (κ1) is 19.0. The van der Waals surface area contributed by atoms with Crippen LogP contribution in [0.3, 0.4) is 0 Å². The molecule has 0 spiro atoms. The minimum Gasteiger partial charge on any atom is -0.396 e. The van der Waals surface area contributed by atoms with Gasteiger partial charge in [0, 0.05) is 12.3 Å². The molecule has 0 radical (unpaired) electrons. The van der Waals surface area contributed by atoms with Gasteiger partial charge >= 0.3 is 0 Å². The van der Waals surface area contributed by atoms with E-state index in [-0.39, 0.29) is 18.4 Å². The molecule has 0 aromatic heterocycles. The zero-order valence-electron chi connectivity index (χ0n) is 14.3. The van der Waals surface area contributed by atoms with Crippen LogP contribution in [-0.2, 0) is 4.79 Å². The summed E-state index contributed by atoms with van der Waals surface area (Å²) in [6, 6.07) is 6.25. The van der Waals surface area contributed by atoms with E-state index in [1.54, 1.807) is 11.8 Å². The van der Waals surface area contributed by atoms with Gasteiger partial charge in [-0.1, -0.05) is 52.8 Å². The highest BCUT2D eigenvalue weighted by Crippen LogP contribution is 2.32. The van der Waals surface area contributed by atoms with Crippen LogP contribution in [-0.4, -0.2) is 29.1 Å². The third-order valence-electron chi connectivity index (χ3n) is 3.58. The average molecular weight is 324 g/mol. The highest BCUT2D eigenvalue weighted by molar-refractivity contribution is 7.99. The van der Waals surface area contributed by atoms with Crippen molar-refractivity contribution in [1.82, 2.24) is 0 Å². The van der Waals surface area contributed by atoms with Crippen LogP contribution < -0.4 is 5.32 Å². The molecule has 1 unspecified atom stereocenters. The average Bonchev–Trinajstić information content (AvgIpc) is 2.46. The lowest BCUT2D eigenvalue weighted by molar-refractivity contribution is -0.113. The van der Waals surface area contributed by atoms with Gasteiger partial charge in [-0.2, -0.15) is 11.8 Å². The third kappa shape index (κ3) is 5.65. The Hall–Kier alpha value is -1.00. The number of amides is 1. The lowest BCUT2D eigenvalue weighted by Gasteiger charge is -2.20. The van der Waals surface area contributed by atoms with Crippen molar-refractivity contribution in [2.75, 3.05) is 23.4 Å². The van der Waals surface area contributed by atoms with Crippen molar-refractivity contribution in [3.63, 3.8) is 0 Å². The predicted molar refractivity (Wildman–Crippen MR) is 96.8 cm³/mol. The van der Waals surface area contributed by atoms with E-state index in [0.29, 0.717) is 17.6 Å². The molecule has 0 aliphatic carbocycles. The molecule has 0 aliphatic rings. The maximum atomic E-state index is 12.2. The van der Waals surface area contributed by atoms with Crippen LogP contribution in [0.15, 0.2) is 18.2 Å². The second-order valence-corrected chi connectivity index (χ2v) is 7.50. The second-order valence-electron chi connectivity index (χ2n) is 6.47. The molecule has 2 N–H and O–H groups in total. The highest BCUT2D eigenvalue weighted by Gasteiger charge is 2.16. The molecule has 1 aromatic carbocycles. The van der Waals surface area contributed by atoms with Crippen LogP contribution in [0, 0.1) is 5.92 Å². The van der Waals surface area contributed by atoms with Gasteiger partial charge in [-0.15, -0.1) is 0 Å². The number of aliphatic hydroxyl groups is 1. The number of thioether (sulfide) groups is 1. The summed E-state index contributed by atoms with van der Waals surface area (Å²) in [5, 5.41) is 12.1. The number of carbonyl (C=O) groups is 1. The summed E-state index contributed by atoms with van der Waals surface area (Å²) in [5.41, 5.74) is 3.36. The number of para-hydroxylation sites is 1. The van der Waals surface area contributed by atoms with Crippen LogP contribution in [0.25, 0.3) is 0 Å². The molecule has 0 saturated carbocycles. The van der Waals surface area contributed by atoms with Gasteiger partial charge < -0.3 is 10.4 Å². The van der Waals surface area contributed by atoms with Gasteiger partial charge in [0.05, 0.1) is 5.75 Å². The Morgan fingerprint density at radius 1 is 1.14 bits per heavy atom. The Kier molecular flexibility index (Phi) is 7.97. The topological polar surface area (TPSA) is 49.3 Å². The molecular formula is C18H29NO2S. The third-order valence-corrected chi connectivity index (χ3v) is 4.86. The van der Waals surface area contributed by atoms with E-state index in [4.69, 9.17) is 5.11 Å². The predicted octanol–water partition coefficient (Wildman–Crippen LogP) is 4.23. The zero-order chi connectivity index (χ0) is 16.7. The SMILES string of the molecule is CC(CO)CSCC(=O)Nc1c(C(C)C)cccc1C(C)C. The lowest BCUT2D eigenvalue weighted by atomic mass is 9.92. The first-order chi connectivity index (χ1) is 10.4. The second kappa shape index (κ2) is 9.21. The van der Waals surface area contributed by atoms with E-state index in [2.05, 4.69) is 51.2 Å². The van der Waals surface area contributed by atoms with Crippen molar-refractivity contribution in [3.05, 3.63) is 29.3 Å². The number of benzene rings is 1. The number of aliphatic hydroxyl groups excluding tert-OH is 1. The summed E-state index contributed by atoms with van der Waals surface area (Å²) < 4.78 is 0. The summed E-state index contributed by atoms with van der Waals surface area (Å²) in [6.07, 6.45) is 0. The smallest absolute Gasteiger partial charge is 0.234 e. The summed E-state index contributed by atoms with van der Waals surface area (Å²) in [7, 11) is 0. The fraction of sp³-hybridized carbons (Fsp3) is 0.611. The van der Waals surface area contributed by atoms with E-state index in [1.165, 1.54) is 11.1 Å². The quantitative estimate of drug-likeness (QED) is 0.752. The first-order valence-electron chi connectivity index (χ1n) is 7.98. The lowest BCUT2D eigenvalue weighted by Crippen LogP contribution is -2.18. The molecule has 0 aliphatic heterocycles. The van der Waals surface area contributed by atoms with Gasteiger partial charge in [0.2, 0.25) is 5.91 Å². The highest BCUT2D eigenvalue weighted by atomic mass is 32.2. The first-order valence-corrected chi connectivity index (χ1v) is 9.13. The molecule has 1 atom stereocenters. The van der Waals surface area contributed by atoms with Gasteiger partial charge in [-0.3, -0.25) is 4.79 Å². The molecule has 1 aromatic rings. The molecule has 0 saturated heterocycles. The molecule has 4 heteroatoms. The minimum atomic E-state index is 0.0325. The molecular weight excluding hydrogens is 294 g/mol. The Morgan fingerprint density at radius 3 is 2.14 bits per heavy atom. The van der Waals surface area contributed by atoms with Crippen molar-refractivity contribution >= 4 is 23.4 Å². The van der Waals surface area contributed by atoms with Crippen LogP contribution in [0.4, 0.5) is 5.69 Å². The van der Waals surface area contributed by atoms with E-state index in [9.17, 15) is 4.79 Å². The van der Waals surface area contributed by atoms with E-state index >= 15 is 0 Å². The zero-order valence-corrected chi connectivity index (χ0v) is 15.2. The maximum Gasteiger partial charge on any atom is 0.234 e. The van der Waals surface area contributed by atoms with E-state index < -0.39 is 0 Å². The molecule has 0 fully saturated rings. The van der Waals surface area contributed by atoms with E-state index in [0.717, 1.165) is 11.4 Å². The normalized spacial score (nSPS) is 12.7. The molecule has 0 bridgehead atoms. The summed E-state index contributed by atoms with van der Waals surface area (Å²) >= 11 is 1.57. The summed E-state index contributed by atoms with van der Waals surface area (Å²) in [5.74, 6) is 2.23. The fourth-order valence-electron chi connectivity index (χ4n) is 2.28. The fourth-order valence-corrected chi connectivity index (χ4v) is 3.16. The number of carbonyl (C=O) groups excluding carboxylic acids is 1. The minimum absolute atomic E-state index is 0.0325. The molecule has 3 nitrogen and oxygen atoms in total. The Balaban J connectivity index is 2.80. The number of hydrogen-bond donors (Lipinski definition) is 2. The molecule has 0 heterocycles. The van der Waals surface area contributed by atoms with Crippen LogP contribution in [0.2, 0.25) is 0 Å². The van der Waals surface area contributed by atoms with Gasteiger partial charge in [0.25, 0.3) is 0 Å².